The molecule has 1 N–H and O–H groups in total. The van der Waals surface area contributed by atoms with E-state index in [-0.39, 0.29) is 0 Å². The van der Waals surface area contributed by atoms with Crippen molar-refractivity contribution in [1.82, 2.24) is 5.32 Å². The van der Waals surface area contributed by atoms with Crippen LogP contribution in [0.25, 0.3) is 0 Å². The molecule has 2 nitrogen and oxygen atoms in total. The number of hydrogen-bond donors (Lipinski definition) is 1. The fourth-order valence-electron chi connectivity index (χ4n) is 0.644. The second kappa shape index (κ2) is 2.60. The molecule has 46 valence electrons. The summed E-state index contributed by atoms with van der Waals surface area (Å²) in [5.41, 5.74) is 0. The van der Waals surface area contributed by atoms with Gasteiger partial charge in [0.05, 0.1) is 12.9 Å². The van der Waals surface area contributed by atoms with E-state index in [1.165, 1.54) is 0 Å². The molecule has 0 saturated heterocycles. The lowest BCUT2D eigenvalue weighted by molar-refractivity contribution is 0.212. The molecule has 0 spiro atoms. The van der Waals surface area contributed by atoms with E-state index in [4.69, 9.17) is 4.74 Å². The Bertz CT molecular complexity index is 80.5. The second-order valence-electron chi connectivity index (χ2n) is 2.15. The third-order valence-corrected chi connectivity index (χ3v) is 1.13. The standard InChI is InChI=1S/C6H11NO/c1-6-4-7-2-3-8-5-6/h2-3,6-7H,4-5H2,1H3. The predicted octanol–water partition coefficient (Wildman–Crippen LogP) is 0.714. The van der Waals surface area contributed by atoms with Crippen LogP contribution in [0.3, 0.4) is 0 Å². The molecular weight excluding hydrogens is 102 g/mol. The van der Waals surface area contributed by atoms with E-state index in [9.17, 15) is 0 Å². The van der Waals surface area contributed by atoms with Gasteiger partial charge in [-0.1, -0.05) is 6.92 Å². The zero-order valence-electron chi connectivity index (χ0n) is 5.05. The number of hydrogen-bond acceptors (Lipinski definition) is 2. The van der Waals surface area contributed by atoms with Gasteiger partial charge < -0.3 is 10.1 Å². The molecule has 0 aliphatic carbocycles. The predicted molar refractivity (Wildman–Crippen MR) is 32.3 cm³/mol. The highest BCUT2D eigenvalue weighted by molar-refractivity contribution is 4.75. The monoisotopic (exact) mass is 113 g/mol. The highest BCUT2D eigenvalue weighted by Crippen LogP contribution is 1.96. The van der Waals surface area contributed by atoms with Crippen LogP contribution >= 0.6 is 0 Å². The van der Waals surface area contributed by atoms with Gasteiger partial charge in [0.1, 0.15) is 0 Å². The largest absolute Gasteiger partial charge is 0.499 e. The Morgan fingerprint density at radius 3 is 3.50 bits per heavy atom. The summed E-state index contributed by atoms with van der Waals surface area (Å²) >= 11 is 0. The van der Waals surface area contributed by atoms with Gasteiger partial charge in [0.15, 0.2) is 0 Å². The fourth-order valence-corrected chi connectivity index (χ4v) is 0.644. The Labute approximate surface area is 49.5 Å². The van der Waals surface area contributed by atoms with Crippen molar-refractivity contribution >= 4 is 0 Å². The van der Waals surface area contributed by atoms with Gasteiger partial charge in [-0.2, -0.15) is 0 Å². The maximum atomic E-state index is 5.06. The zero-order chi connectivity index (χ0) is 5.82. The molecule has 0 amide bonds. The average molecular weight is 113 g/mol. The Balaban J connectivity index is 2.28. The molecule has 1 aliphatic heterocycles. The van der Waals surface area contributed by atoms with Crippen LogP contribution in [0.5, 0.6) is 0 Å². The van der Waals surface area contributed by atoms with Crippen molar-refractivity contribution in [2.45, 2.75) is 6.92 Å². The summed E-state index contributed by atoms with van der Waals surface area (Å²) in [6.45, 7) is 4.01. The lowest BCUT2D eigenvalue weighted by Crippen LogP contribution is -2.15. The highest BCUT2D eigenvalue weighted by atomic mass is 16.5. The second-order valence-corrected chi connectivity index (χ2v) is 2.15. The van der Waals surface area contributed by atoms with Crippen LogP contribution in [0.4, 0.5) is 0 Å². The molecule has 2 heteroatoms. The molecule has 1 heterocycles. The molecule has 8 heavy (non-hydrogen) atoms. The molecule has 0 aromatic heterocycles. The van der Waals surface area contributed by atoms with Crippen molar-refractivity contribution in [2.75, 3.05) is 13.2 Å². The molecule has 0 radical (unpaired) electrons. The Morgan fingerprint density at radius 2 is 2.62 bits per heavy atom. The van der Waals surface area contributed by atoms with E-state index >= 15 is 0 Å². The van der Waals surface area contributed by atoms with E-state index in [0.29, 0.717) is 5.92 Å². The Kier molecular flexibility index (Phi) is 1.78. The molecule has 0 saturated carbocycles. The van der Waals surface area contributed by atoms with E-state index < -0.39 is 0 Å². The van der Waals surface area contributed by atoms with Crippen LogP contribution in [0.2, 0.25) is 0 Å². The lowest BCUT2D eigenvalue weighted by atomic mass is 10.2. The molecule has 1 rings (SSSR count). The number of ether oxygens (including phenoxy) is 1. The van der Waals surface area contributed by atoms with Crippen molar-refractivity contribution in [2.24, 2.45) is 5.92 Å². The third kappa shape index (κ3) is 1.45. The van der Waals surface area contributed by atoms with Crippen molar-refractivity contribution in [1.29, 1.82) is 0 Å². The topological polar surface area (TPSA) is 21.3 Å². The van der Waals surface area contributed by atoms with Gasteiger partial charge in [-0.15, -0.1) is 0 Å². The first-order valence-corrected chi connectivity index (χ1v) is 2.89. The molecular formula is C6H11NO. The van der Waals surface area contributed by atoms with Gasteiger partial charge in [0, 0.05) is 18.7 Å². The fraction of sp³-hybridized carbons (Fsp3) is 0.667. The summed E-state index contributed by atoms with van der Waals surface area (Å²) in [5.74, 6) is 0.630. The van der Waals surface area contributed by atoms with E-state index in [2.05, 4.69) is 12.2 Å². The van der Waals surface area contributed by atoms with Gasteiger partial charge in [-0.25, -0.2) is 0 Å². The van der Waals surface area contributed by atoms with Crippen LogP contribution in [-0.2, 0) is 4.74 Å². The molecule has 1 aliphatic rings. The summed E-state index contributed by atoms with van der Waals surface area (Å²) in [4.78, 5) is 0. The van der Waals surface area contributed by atoms with Gasteiger partial charge in [0.25, 0.3) is 0 Å². The minimum absolute atomic E-state index is 0.630. The first-order valence-electron chi connectivity index (χ1n) is 2.89. The SMILES string of the molecule is CC1CNC=COC1. The maximum Gasteiger partial charge on any atom is 0.0985 e. The first-order chi connectivity index (χ1) is 3.89. The van der Waals surface area contributed by atoms with Crippen molar-refractivity contribution in [3.63, 3.8) is 0 Å². The van der Waals surface area contributed by atoms with E-state index in [0.717, 1.165) is 13.2 Å². The van der Waals surface area contributed by atoms with Gasteiger partial charge in [-0.05, 0) is 0 Å². The minimum atomic E-state index is 0.630. The minimum Gasteiger partial charge on any atom is -0.499 e. The molecule has 1 unspecified atom stereocenters. The smallest absolute Gasteiger partial charge is 0.0985 e. The summed E-state index contributed by atoms with van der Waals surface area (Å²) in [5, 5.41) is 3.09. The summed E-state index contributed by atoms with van der Waals surface area (Å²) in [7, 11) is 0. The number of rotatable bonds is 0. The van der Waals surface area contributed by atoms with Crippen molar-refractivity contribution in [3.05, 3.63) is 12.5 Å². The molecule has 0 bridgehead atoms. The van der Waals surface area contributed by atoms with Gasteiger partial charge in [-0.3, -0.25) is 0 Å². The first kappa shape index (κ1) is 5.48. The summed E-state index contributed by atoms with van der Waals surface area (Å²) in [6, 6.07) is 0. The summed E-state index contributed by atoms with van der Waals surface area (Å²) in [6.07, 6.45) is 3.53. The zero-order valence-corrected chi connectivity index (χ0v) is 5.05. The molecule has 1 atom stereocenters. The van der Waals surface area contributed by atoms with Crippen LogP contribution in [-0.4, -0.2) is 13.2 Å². The Morgan fingerprint density at radius 1 is 1.75 bits per heavy atom. The van der Waals surface area contributed by atoms with Crippen LogP contribution in [0.15, 0.2) is 12.5 Å². The molecule has 0 aromatic rings. The van der Waals surface area contributed by atoms with Gasteiger partial charge in [0.2, 0.25) is 0 Å². The van der Waals surface area contributed by atoms with Crippen LogP contribution in [0, 0.1) is 5.92 Å². The van der Waals surface area contributed by atoms with E-state index in [1.54, 1.807) is 6.26 Å². The van der Waals surface area contributed by atoms with Crippen LogP contribution < -0.4 is 5.32 Å². The molecule has 0 aromatic carbocycles. The van der Waals surface area contributed by atoms with Crippen molar-refractivity contribution in [3.8, 4) is 0 Å². The quantitative estimate of drug-likeness (QED) is 0.499. The Hall–Kier alpha value is -0.660. The average Bonchev–Trinajstić information content (AvgIpc) is 1.94. The maximum absolute atomic E-state index is 5.06. The lowest BCUT2D eigenvalue weighted by Gasteiger charge is -2.04. The van der Waals surface area contributed by atoms with Crippen molar-refractivity contribution < 1.29 is 4.74 Å². The van der Waals surface area contributed by atoms with Crippen LogP contribution in [0.1, 0.15) is 6.92 Å². The summed E-state index contributed by atoms with van der Waals surface area (Å²) < 4.78 is 5.06. The highest BCUT2D eigenvalue weighted by Gasteiger charge is 2.00. The normalized spacial score (nSPS) is 27.9. The van der Waals surface area contributed by atoms with E-state index in [1.807, 2.05) is 6.20 Å². The van der Waals surface area contributed by atoms with Gasteiger partial charge >= 0.3 is 0 Å². The third-order valence-electron chi connectivity index (χ3n) is 1.13. The molecule has 0 fully saturated rings. The number of nitrogens with one attached hydrogen (secondary N) is 1.